The Morgan fingerprint density at radius 1 is 1.38 bits per heavy atom. The van der Waals surface area contributed by atoms with Gasteiger partial charge in [0, 0.05) is 6.04 Å². The lowest BCUT2D eigenvalue weighted by atomic mass is 10.2. The van der Waals surface area contributed by atoms with Crippen LogP contribution in [0.1, 0.15) is 18.1 Å². The molecule has 0 aromatic heterocycles. The molecule has 4 heteroatoms. The molecule has 1 unspecified atom stereocenters. The quantitative estimate of drug-likeness (QED) is 0.850. The number of benzene rings is 1. The van der Waals surface area contributed by atoms with Crippen LogP contribution in [-0.2, 0) is 15.6 Å². The molecule has 0 saturated carbocycles. The average Bonchev–Trinajstić information content (AvgIpc) is 2.15. The molecule has 0 aliphatic heterocycles. The van der Waals surface area contributed by atoms with Crippen LogP contribution in [0.5, 0.6) is 0 Å². The molecular weight excluding hydrogens is 222 g/mol. The van der Waals surface area contributed by atoms with E-state index in [1.54, 1.807) is 7.05 Å². The van der Waals surface area contributed by atoms with Gasteiger partial charge in [-0.15, -0.1) is 0 Å². The van der Waals surface area contributed by atoms with Crippen molar-refractivity contribution in [1.29, 1.82) is 0 Å². The number of nitrogens with one attached hydrogen (secondary N) is 1. The Morgan fingerprint density at radius 3 is 2.62 bits per heavy atom. The van der Waals surface area contributed by atoms with Gasteiger partial charge in [-0.05, 0) is 26.5 Å². The summed E-state index contributed by atoms with van der Waals surface area (Å²) in [5.74, 6) is 0.304. The molecule has 1 rings (SSSR count). The van der Waals surface area contributed by atoms with E-state index in [2.05, 4.69) is 5.32 Å². The van der Waals surface area contributed by atoms with E-state index in [0.29, 0.717) is 0 Å². The van der Waals surface area contributed by atoms with Gasteiger partial charge in [-0.2, -0.15) is 0 Å². The molecule has 0 fully saturated rings. The van der Waals surface area contributed by atoms with E-state index in [4.69, 9.17) is 0 Å². The number of rotatable bonds is 5. The van der Waals surface area contributed by atoms with Crippen molar-refractivity contribution in [2.45, 2.75) is 25.6 Å². The molecule has 1 atom stereocenters. The second-order valence-electron chi connectivity index (χ2n) is 4.23. The molecule has 0 heterocycles. The third kappa shape index (κ3) is 4.33. The predicted octanol–water partition coefficient (Wildman–Crippen LogP) is 1.52. The van der Waals surface area contributed by atoms with Crippen LogP contribution in [-0.4, -0.2) is 27.3 Å². The van der Waals surface area contributed by atoms with Gasteiger partial charge in [0.2, 0.25) is 0 Å². The maximum Gasteiger partial charge on any atom is 0.155 e. The largest absolute Gasteiger partial charge is 0.316 e. The zero-order valence-corrected chi connectivity index (χ0v) is 10.8. The SMILES string of the molecule is CNC(C)CS(=O)(=O)Cc1cccc(C)c1. The Hall–Kier alpha value is -0.870. The van der Waals surface area contributed by atoms with Crippen molar-refractivity contribution < 1.29 is 8.42 Å². The van der Waals surface area contributed by atoms with Crippen molar-refractivity contribution in [2.75, 3.05) is 12.8 Å². The molecule has 1 aromatic rings. The molecule has 0 bridgehead atoms. The summed E-state index contributed by atoms with van der Waals surface area (Å²) in [6.07, 6.45) is 0. The minimum absolute atomic E-state index is 0.00481. The number of hydrogen-bond acceptors (Lipinski definition) is 3. The third-order valence-electron chi connectivity index (χ3n) is 2.47. The van der Waals surface area contributed by atoms with Crippen LogP contribution >= 0.6 is 0 Å². The van der Waals surface area contributed by atoms with E-state index in [1.807, 2.05) is 38.1 Å². The van der Waals surface area contributed by atoms with Gasteiger partial charge in [0.05, 0.1) is 11.5 Å². The Morgan fingerprint density at radius 2 is 2.06 bits per heavy atom. The van der Waals surface area contributed by atoms with Gasteiger partial charge in [0.1, 0.15) is 0 Å². The van der Waals surface area contributed by atoms with Crippen molar-refractivity contribution >= 4 is 9.84 Å². The van der Waals surface area contributed by atoms with Crippen molar-refractivity contribution in [3.8, 4) is 0 Å². The Labute approximate surface area is 97.8 Å². The molecule has 1 N–H and O–H groups in total. The van der Waals surface area contributed by atoms with E-state index in [1.165, 1.54) is 0 Å². The molecule has 0 aliphatic carbocycles. The van der Waals surface area contributed by atoms with Crippen molar-refractivity contribution in [3.63, 3.8) is 0 Å². The summed E-state index contributed by atoms with van der Waals surface area (Å²) < 4.78 is 23.7. The molecule has 0 saturated heterocycles. The second-order valence-corrected chi connectivity index (χ2v) is 6.34. The smallest absolute Gasteiger partial charge is 0.155 e. The normalized spacial score (nSPS) is 13.7. The van der Waals surface area contributed by atoms with Gasteiger partial charge < -0.3 is 5.32 Å². The lowest BCUT2D eigenvalue weighted by molar-refractivity contribution is 0.577. The Kier molecular flexibility index (Phi) is 4.50. The summed E-state index contributed by atoms with van der Waals surface area (Å²) in [6.45, 7) is 3.83. The third-order valence-corrected chi connectivity index (χ3v) is 4.25. The number of aryl methyl sites for hydroxylation is 1. The van der Waals surface area contributed by atoms with Gasteiger partial charge in [0.15, 0.2) is 9.84 Å². The monoisotopic (exact) mass is 241 g/mol. The van der Waals surface area contributed by atoms with Crippen LogP contribution in [0.4, 0.5) is 0 Å². The van der Waals surface area contributed by atoms with Crippen LogP contribution in [0.25, 0.3) is 0 Å². The van der Waals surface area contributed by atoms with Crippen LogP contribution in [0.3, 0.4) is 0 Å². The topological polar surface area (TPSA) is 46.2 Å². The van der Waals surface area contributed by atoms with Gasteiger partial charge in [-0.1, -0.05) is 29.8 Å². The van der Waals surface area contributed by atoms with Gasteiger partial charge in [-0.25, -0.2) is 8.42 Å². The summed E-state index contributed by atoms with van der Waals surface area (Å²) in [5, 5.41) is 2.94. The fourth-order valence-electron chi connectivity index (χ4n) is 1.58. The summed E-state index contributed by atoms with van der Waals surface area (Å²) in [6, 6.07) is 7.62. The van der Waals surface area contributed by atoms with Crippen molar-refractivity contribution in [3.05, 3.63) is 35.4 Å². The van der Waals surface area contributed by atoms with Crippen molar-refractivity contribution in [2.24, 2.45) is 0 Å². The second kappa shape index (κ2) is 5.46. The molecule has 0 radical (unpaired) electrons. The highest BCUT2D eigenvalue weighted by atomic mass is 32.2. The molecule has 1 aromatic carbocycles. The minimum Gasteiger partial charge on any atom is -0.316 e. The Balaban J connectivity index is 2.73. The Bertz CT molecular complexity index is 440. The lowest BCUT2D eigenvalue weighted by Crippen LogP contribution is -2.30. The number of hydrogen-bond donors (Lipinski definition) is 1. The average molecular weight is 241 g/mol. The minimum atomic E-state index is -3.03. The summed E-state index contributed by atoms with van der Waals surface area (Å²) in [4.78, 5) is 0. The molecule has 16 heavy (non-hydrogen) atoms. The molecule has 0 aliphatic rings. The number of sulfone groups is 1. The first-order valence-corrected chi connectivity index (χ1v) is 7.18. The van der Waals surface area contributed by atoms with Crippen LogP contribution in [0.15, 0.2) is 24.3 Å². The first-order chi connectivity index (χ1) is 7.43. The van der Waals surface area contributed by atoms with Gasteiger partial charge in [-0.3, -0.25) is 0 Å². The highest BCUT2D eigenvalue weighted by Gasteiger charge is 2.15. The lowest BCUT2D eigenvalue weighted by Gasteiger charge is -2.11. The van der Waals surface area contributed by atoms with E-state index in [-0.39, 0.29) is 17.5 Å². The standard InChI is InChI=1S/C12H19NO2S/c1-10-5-4-6-12(7-10)9-16(14,15)8-11(2)13-3/h4-7,11,13H,8-9H2,1-3H3. The maximum absolute atomic E-state index is 11.8. The predicted molar refractivity (Wildman–Crippen MR) is 67.2 cm³/mol. The highest BCUT2D eigenvalue weighted by Crippen LogP contribution is 2.09. The van der Waals surface area contributed by atoms with Crippen LogP contribution in [0, 0.1) is 6.92 Å². The molecule has 90 valence electrons. The summed E-state index contributed by atoms with van der Waals surface area (Å²) in [7, 11) is -1.25. The van der Waals surface area contributed by atoms with E-state index in [0.717, 1.165) is 11.1 Å². The zero-order valence-electron chi connectivity index (χ0n) is 10.0. The van der Waals surface area contributed by atoms with Crippen LogP contribution in [0.2, 0.25) is 0 Å². The van der Waals surface area contributed by atoms with E-state index in [9.17, 15) is 8.42 Å². The molecule has 0 spiro atoms. The van der Waals surface area contributed by atoms with E-state index >= 15 is 0 Å². The molecular formula is C12H19NO2S. The van der Waals surface area contributed by atoms with Gasteiger partial charge in [0.25, 0.3) is 0 Å². The fourth-order valence-corrected chi connectivity index (χ4v) is 3.31. The maximum atomic E-state index is 11.8. The zero-order chi connectivity index (χ0) is 12.2. The van der Waals surface area contributed by atoms with Crippen LogP contribution < -0.4 is 5.32 Å². The summed E-state index contributed by atoms with van der Waals surface area (Å²) >= 11 is 0. The van der Waals surface area contributed by atoms with Gasteiger partial charge >= 0.3 is 0 Å². The van der Waals surface area contributed by atoms with E-state index < -0.39 is 9.84 Å². The fraction of sp³-hybridized carbons (Fsp3) is 0.500. The molecule has 0 amide bonds. The highest BCUT2D eigenvalue weighted by molar-refractivity contribution is 7.90. The summed E-state index contributed by atoms with van der Waals surface area (Å²) in [5.41, 5.74) is 1.96. The van der Waals surface area contributed by atoms with Crippen molar-refractivity contribution in [1.82, 2.24) is 5.32 Å². The first-order valence-electron chi connectivity index (χ1n) is 5.36. The first kappa shape index (κ1) is 13.2. The molecule has 3 nitrogen and oxygen atoms in total.